The number of ketones is 1. The molecule has 0 aliphatic heterocycles. The minimum absolute atomic E-state index is 0.0883. The maximum Gasteiger partial charge on any atom is 0.306 e. The van der Waals surface area contributed by atoms with Crippen molar-refractivity contribution in [3.63, 3.8) is 0 Å². The van der Waals surface area contributed by atoms with Crippen LogP contribution < -0.4 is 0 Å². The van der Waals surface area contributed by atoms with E-state index in [1.807, 2.05) is 0 Å². The van der Waals surface area contributed by atoms with Crippen LogP contribution in [-0.2, 0) is 14.3 Å². The van der Waals surface area contributed by atoms with E-state index in [4.69, 9.17) is 39.5 Å². The molecule has 124 valence electrons. The van der Waals surface area contributed by atoms with E-state index < -0.39 is 27.3 Å². The fraction of sp³-hybridized carbons (Fsp3) is 0.692. The second kappa shape index (κ2) is 7.15. The van der Waals surface area contributed by atoms with Crippen LogP contribution in [0.15, 0.2) is 12.7 Å². The SMILES string of the molecule is CCC(=O)OC(C(C(=O)C(C)(C)C)n1cncn1)C(Cl)(Cl)Cl. The highest BCUT2D eigenvalue weighted by molar-refractivity contribution is 6.68. The number of esters is 1. The van der Waals surface area contributed by atoms with E-state index in [-0.39, 0.29) is 12.2 Å². The first-order valence-corrected chi connectivity index (χ1v) is 7.76. The van der Waals surface area contributed by atoms with Crippen molar-refractivity contribution in [1.29, 1.82) is 0 Å². The highest BCUT2D eigenvalue weighted by Gasteiger charge is 2.48. The van der Waals surface area contributed by atoms with Crippen molar-refractivity contribution in [2.24, 2.45) is 5.41 Å². The summed E-state index contributed by atoms with van der Waals surface area (Å²) in [6.07, 6.45) is 1.33. The summed E-state index contributed by atoms with van der Waals surface area (Å²) < 4.78 is 4.46. The van der Waals surface area contributed by atoms with Crippen molar-refractivity contribution in [3.05, 3.63) is 12.7 Å². The number of Topliss-reactive ketones (excluding diaryl/α,β-unsaturated/α-hetero) is 1. The Balaban J connectivity index is 3.32. The minimum atomic E-state index is -2.00. The normalized spacial score (nSPS) is 15.2. The van der Waals surface area contributed by atoms with Crippen molar-refractivity contribution in [1.82, 2.24) is 14.8 Å². The van der Waals surface area contributed by atoms with Gasteiger partial charge >= 0.3 is 5.97 Å². The first-order chi connectivity index (χ1) is 9.98. The Morgan fingerprint density at radius 1 is 1.27 bits per heavy atom. The second-order valence-corrected chi connectivity index (χ2v) is 8.11. The lowest BCUT2D eigenvalue weighted by Crippen LogP contribution is -2.46. The largest absolute Gasteiger partial charge is 0.455 e. The number of hydrogen-bond donors (Lipinski definition) is 0. The molecule has 6 nitrogen and oxygen atoms in total. The maximum absolute atomic E-state index is 12.8. The van der Waals surface area contributed by atoms with Gasteiger partial charge in [0.2, 0.25) is 3.79 Å². The molecule has 0 fully saturated rings. The molecule has 0 radical (unpaired) electrons. The van der Waals surface area contributed by atoms with Crippen LogP contribution in [0.1, 0.15) is 40.2 Å². The molecule has 0 aliphatic carbocycles. The van der Waals surface area contributed by atoms with Crippen LogP contribution in [0.3, 0.4) is 0 Å². The Labute approximate surface area is 144 Å². The first-order valence-electron chi connectivity index (χ1n) is 6.63. The molecule has 0 aromatic carbocycles. The summed E-state index contributed by atoms with van der Waals surface area (Å²) in [5.41, 5.74) is -0.761. The van der Waals surface area contributed by atoms with Gasteiger partial charge in [-0.25, -0.2) is 9.67 Å². The van der Waals surface area contributed by atoms with Gasteiger partial charge in [-0.3, -0.25) is 9.59 Å². The predicted octanol–water partition coefficient (Wildman–Crippen LogP) is 3.13. The third-order valence-corrected chi connectivity index (χ3v) is 3.53. The molecule has 0 amide bonds. The van der Waals surface area contributed by atoms with Gasteiger partial charge in [-0.2, -0.15) is 5.10 Å². The molecule has 22 heavy (non-hydrogen) atoms. The summed E-state index contributed by atoms with van der Waals surface area (Å²) in [5, 5.41) is 3.94. The van der Waals surface area contributed by atoms with E-state index in [0.29, 0.717) is 0 Å². The van der Waals surface area contributed by atoms with Crippen LogP contribution in [0.4, 0.5) is 0 Å². The lowest BCUT2D eigenvalue weighted by Gasteiger charge is -2.33. The Hall–Kier alpha value is -0.850. The van der Waals surface area contributed by atoms with E-state index in [2.05, 4.69) is 10.1 Å². The van der Waals surface area contributed by atoms with Crippen molar-refractivity contribution in [3.8, 4) is 0 Å². The molecule has 9 heteroatoms. The minimum Gasteiger partial charge on any atom is -0.455 e. The van der Waals surface area contributed by atoms with Crippen molar-refractivity contribution in [2.75, 3.05) is 0 Å². The average Bonchev–Trinajstić information content (AvgIpc) is 2.89. The Kier molecular flexibility index (Phi) is 6.24. The van der Waals surface area contributed by atoms with Crippen LogP contribution in [0.2, 0.25) is 0 Å². The van der Waals surface area contributed by atoms with Crippen LogP contribution in [0.5, 0.6) is 0 Å². The Morgan fingerprint density at radius 3 is 2.23 bits per heavy atom. The van der Waals surface area contributed by atoms with Gasteiger partial charge < -0.3 is 4.74 Å². The molecule has 1 heterocycles. The van der Waals surface area contributed by atoms with Crippen LogP contribution in [0, 0.1) is 5.41 Å². The van der Waals surface area contributed by atoms with E-state index in [1.54, 1.807) is 27.7 Å². The number of nitrogens with zero attached hydrogens (tertiary/aromatic N) is 3. The standard InChI is InChI=1S/C13H18Cl3N3O3/c1-5-8(20)22-11(13(14,15)16)9(10(21)12(2,3)4)19-7-17-6-18-19/h6-7,9,11H,5H2,1-4H3. The molecule has 1 rings (SSSR count). The number of alkyl halides is 3. The Bertz CT molecular complexity index is 521. The van der Waals surface area contributed by atoms with Crippen LogP contribution >= 0.6 is 34.8 Å². The Morgan fingerprint density at radius 2 is 1.86 bits per heavy atom. The molecule has 1 aromatic heterocycles. The highest BCUT2D eigenvalue weighted by Crippen LogP contribution is 2.40. The third-order valence-electron chi connectivity index (χ3n) is 2.89. The van der Waals surface area contributed by atoms with E-state index in [9.17, 15) is 9.59 Å². The summed E-state index contributed by atoms with van der Waals surface area (Å²) in [6, 6.07) is -1.09. The van der Waals surface area contributed by atoms with Gasteiger partial charge in [0.05, 0.1) is 0 Å². The zero-order chi connectivity index (χ0) is 17.1. The molecule has 0 spiro atoms. The smallest absolute Gasteiger partial charge is 0.306 e. The molecule has 0 N–H and O–H groups in total. The molecular weight excluding hydrogens is 353 g/mol. The summed E-state index contributed by atoms with van der Waals surface area (Å²) in [4.78, 5) is 28.2. The fourth-order valence-corrected chi connectivity index (χ4v) is 2.23. The summed E-state index contributed by atoms with van der Waals surface area (Å²) >= 11 is 17.8. The summed E-state index contributed by atoms with van der Waals surface area (Å²) in [6.45, 7) is 6.76. The van der Waals surface area contributed by atoms with Gasteiger partial charge in [0.25, 0.3) is 0 Å². The molecule has 2 unspecified atom stereocenters. The van der Waals surface area contributed by atoms with E-state index >= 15 is 0 Å². The van der Waals surface area contributed by atoms with Gasteiger partial charge in [-0.15, -0.1) is 0 Å². The summed E-state index contributed by atoms with van der Waals surface area (Å²) in [5.74, 6) is -0.874. The number of rotatable bonds is 5. The van der Waals surface area contributed by atoms with Gasteiger partial charge in [0.15, 0.2) is 17.9 Å². The van der Waals surface area contributed by atoms with Crippen molar-refractivity contribution < 1.29 is 14.3 Å². The number of ether oxygens (including phenoxy) is 1. The molecule has 2 atom stereocenters. The van der Waals surface area contributed by atoms with E-state index in [1.165, 1.54) is 17.3 Å². The molecule has 0 saturated carbocycles. The van der Waals surface area contributed by atoms with Crippen molar-refractivity contribution >= 4 is 46.6 Å². The van der Waals surface area contributed by atoms with Gasteiger partial charge in [0.1, 0.15) is 12.7 Å². The number of hydrogen-bond acceptors (Lipinski definition) is 5. The molecule has 1 aromatic rings. The lowest BCUT2D eigenvalue weighted by atomic mass is 9.84. The number of carbonyl (C=O) groups excluding carboxylic acids is 2. The number of carbonyl (C=O) groups is 2. The quantitative estimate of drug-likeness (QED) is 0.588. The van der Waals surface area contributed by atoms with Crippen LogP contribution in [-0.4, -0.2) is 36.4 Å². The van der Waals surface area contributed by atoms with Gasteiger partial charge in [0, 0.05) is 11.8 Å². The predicted molar refractivity (Wildman–Crippen MR) is 84.0 cm³/mol. The number of halogens is 3. The lowest BCUT2D eigenvalue weighted by molar-refractivity contribution is -0.154. The van der Waals surface area contributed by atoms with E-state index in [0.717, 1.165) is 0 Å². The van der Waals surface area contributed by atoms with Crippen LogP contribution in [0.25, 0.3) is 0 Å². The zero-order valence-corrected chi connectivity index (χ0v) is 15.0. The number of aromatic nitrogens is 3. The van der Waals surface area contributed by atoms with Gasteiger partial charge in [-0.05, 0) is 0 Å². The molecular formula is C13H18Cl3N3O3. The molecule has 0 aliphatic rings. The van der Waals surface area contributed by atoms with Gasteiger partial charge in [-0.1, -0.05) is 62.5 Å². The maximum atomic E-state index is 12.8. The first kappa shape index (κ1) is 19.2. The monoisotopic (exact) mass is 369 g/mol. The molecule has 0 saturated heterocycles. The second-order valence-electron chi connectivity index (χ2n) is 5.74. The third kappa shape index (κ3) is 4.83. The average molecular weight is 371 g/mol. The topological polar surface area (TPSA) is 74.1 Å². The fourth-order valence-electron chi connectivity index (χ4n) is 1.74. The van der Waals surface area contributed by atoms with Crippen molar-refractivity contribution in [2.45, 2.75) is 50.1 Å². The highest BCUT2D eigenvalue weighted by atomic mass is 35.6. The zero-order valence-electron chi connectivity index (χ0n) is 12.7. The molecule has 0 bridgehead atoms. The summed E-state index contributed by atoms with van der Waals surface area (Å²) in [7, 11) is 0.